The van der Waals surface area contributed by atoms with E-state index in [9.17, 15) is 0 Å². The highest BCUT2D eigenvalue weighted by Crippen LogP contribution is 2.36. The number of H-pyrrole nitrogens is 1. The summed E-state index contributed by atoms with van der Waals surface area (Å²) in [4.78, 5) is 0. The average Bonchev–Trinajstić information content (AvgIpc) is 2.72. The molecule has 0 aliphatic heterocycles. The van der Waals surface area contributed by atoms with Crippen LogP contribution in [0.2, 0.25) is 5.02 Å². The molecule has 0 fully saturated rings. The monoisotopic (exact) mass is 265 g/mol. The van der Waals surface area contributed by atoms with Crippen LogP contribution in [0.5, 0.6) is 5.75 Å². The van der Waals surface area contributed by atoms with Gasteiger partial charge in [0.25, 0.3) is 0 Å². The summed E-state index contributed by atoms with van der Waals surface area (Å²) in [5.41, 5.74) is 4.92. The molecule has 2 N–H and O–H groups in total. The molecule has 1 aromatic heterocycles. The van der Waals surface area contributed by atoms with Crippen molar-refractivity contribution >= 4 is 17.3 Å². The Balaban J connectivity index is 2.60. The largest absolute Gasteiger partial charge is 0.495 e. The van der Waals surface area contributed by atoms with E-state index in [0.717, 1.165) is 28.2 Å². The summed E-state index contributed by atoms with van der Waals surface area (Å²) in [5, 5.41) is 11.0. The number of aromatic amines is 1. The Morgan fingerprint density at radius 1 is 1.33 bits per heavy atom. The van der Waals surface area contributed by atoms with Crippen LogP contribution >= 0.6 is 11.6 Å². The molecule has 0 amide bonds. The molecule has 1 aromatic carbocycles. The molecule has 0 radical (unpaired) electrons. The molecule has 2 rings (SSSR count). The number of benzene rings is 1. The number of hydrogen-bond donors (Lipinski definition) is 2. The Morgan fingerprint density at radius 3 is 2.67 bits per heavy atom. The number of aryl methyl sites for hydroxylation is 2. The van der Waals surface area contributed by atoms with Gasteiger partial charge in [-0.1, -0.05) is 11.6 Å². The highest BCUT2D eigenvalue weighted by Gasteiger charge is 2.15. The molecule has 5 heteroatoms. The fourth-order valence-electron chi connectivity index (χ4n) is 2.00. The molecule has 96 valence electrons. The van der Waals surface area contributed by atoms with Crippen LogP contribution in [0.4, 0.5) is 5.69 Å². The molecule has 2 aromatic rings. The Hall–Kier alpha value is -1.68. The first-order valence-electron chi connectivity index (χ1n) is 5.65. The van der Waals surface area contributed by atoms with Crippen molar-refractivity contribution in [2.24, 2.45) is 0 Å². The van der Waals surface area contributed by atoms with E-state index in [1.165, 1.54) is 0 Å². The van der Waals surface area contributed by atoms with Crippen molar-refractivity contribution in [3.8, 4) is 17.0 Å². The maximum Gasteiger partial charge on any atom is 0.137 e. The van der Waals surface area contributed by atoms with E-state index in [-0.39, 0.29) is 0 Å². The Morgan fingerprint density at radius 2 is 2.06 bits per heavy atom. The number of methoxy groups -OCH3 is 1. The number of anilines is 1. The fourth-order valence-corrected chi connectivity index (χ4v) is 2.24. The van der Waals surface area contributed by atoms with E-state index < -0.39 is 0 Å². The summed E-state index contributed by atoms with van der Waals surface area (Å²) in [6.07, 6.45) is 0. The van der Waals surface area contributed by atoms with E-state index in [1.54, 1.807) is 7.11 Å². The number of halogens is 1. The SMILES string of the molecule is CNc1c(-c2cc(Cl)c(OC)cc2C)n[nH]c1C. The molecule has 0 unspecified atom stereocenters. The molecule has 18 heavy (non-hydrogen) atoms. The summed E-state index contributed by atoms with van der Waals surface area (Å²) in [7, 11) is 3.49. The number of aromatic nitrogens is 2. The van der Waals surface area contributed by atoms with Crippen molar-refractivity contribution in [3.63, 3.8) is 0 Å². The summed E-state index contributed by atoms with van der Waals surface area (Å²) in [6, 6.07) is 3.80. The highest BCUT2D eigenvalue weighted by molar-refractivity contribution is 6.32. The van der Waals surface area contributed by atoms with Crippen LogP contribution in [0.15, 0.2) is 12.1 Å². The first-order chi connectivity index (χ1) is 8.58. The van der Waals surface area contributed by atoms with Crippen molar-refractivity contribution in [3.05, 3.63) is 28.4 Å². The summed E-state index contributed by atoms with van der Waals surface area (Å²) >= 11 is 6.17. The van der Waals surface area contributed by atoms with Gasteiger partial charge in [0.15, 0.2) is 0 Å². The normalized spacial score (nSPS) is 10.5. The third kappa shape index (κ3) is 2.04. The van der Waals surface area contributed by atoms with E-state index in [1.807, 2.05) is 33.0 Å². The van der Waals surface area contributed by atoms with Crippen LogP contribution in [0, 0.1) is 13.8 Å². The molecule has 0 aliphatic carbocycles. The van der Waals surface area contributed by atoms with E-state index in [4.69, 9.17) is 16.3 Å². The number of rotatable bonds is 3. The summed E-state index contributed by atoms with van der Waals surface area (Å²) < 4.78 is 5.20. The number of nitrogens with zero attached hydrogens (tertiary/aromatic N) is 1. The van der Waals surface area contributed by atoms with Crippen LogP contribution < -0.4 is 10.1 Å². The van der Waals surface area contributed by atoms with Crippen molar-refractivity contribution < 1.29 is 4.74 Å². The third-order valence-electron chi connectivity index (χ3n) is 2.95. The molecule has 0 saturated heterocycles. The maximum absolute atomic E-state index is 6.17. The van der Waals surface area contributed by atoms with Gasteiger partial charge in [0.1, 0.15) is 11.4 Å². The second-order valence-electron chi connectivity index (χ2n) is 4.12. The minimum absolute atomic E-state index is 0.584. The second-order valence-corrected chi connectivity index (χ2v) is 4.53. The molecular formula is C13H16ClN3O. The van der Waals surface area contributed by atoms with Crippen LogP contribution in [0.3, 0.4) is 0 Å². The van der Waals surface area contributed by atoms with Gasteiger partial charge in [0.2, 0.25) is 0 Å². The lowest BCUT2D eigenvalue weighted by Crippen LogP contribution is -1.94. The zero-order valence-corrected chi connectivity index (χ0v) is 11.6. The Kier molecular flexibility index (Phi) is 3.48. The lowest BCUT2D eigenvalue weighted by Gasteiger charge is -2.10. The van der Waals surface area contributed by atoms with Gasteiger partial charge in [-0.05, 0) is 31.5 Å². The summed E-state index contributed by atoms with van der Waals surface area (Å²) in [5.74, 6) is 0.677. The minimum atomic E-state index is 0.584. The third-order valence-corrected chi connectivity index (χ3v) is 3.25. The van der Waals surface area contributed by atoms with Gasteiger partial charge >= 0.3 is 0 Å². The minimum Gasteiger partial charge on any atom is -0.495 e. The van der Waals surface area contributed by atoms with Gasteiger partial charge in [0, 0.05) is 12.6 Å². The second kappa shape index (κ2) is 4.90. The molecule has 0 spiro atoms. The fraction of sp³-hybridized carbons (Fsp3) is 0.308. The van der Waals surface area contributed by atoms with Crippen molar-refractivity contribution in [1.82, 2.24) is 10.2 Å². The van der Waals surface area contributed by atoms with Gasteiger partial charge in [-0.3, -0.25) is 5.10 Å². The van der Waals surface area contributed by atoms with Gasteiger partial charge in [-0.15, -0.1) is 0 Å². The highest BCUT2D eigenvalue weighted by atomic mass is 35.5. The first kappa shape index (κ1) is 12.8. The lowest BCUT2D eigenvalue weighted by atomic mass is 10.0. The van der Waals surface area contributed by atoms with E-state index in [0.29, 0.717) is 10.8 Å². The summed E-state index contributed by atoms with van der Waals surface area (Å²) in [6.45, 7) is 3.99. The van der Waals surface area contributed by atoms with Crippen LogP contribution in [0.1, 0.15) is 11.3 Å². The molecular weight excluding hydrogens is 250 g/mol. The van der Waals surface area contributed by atoms with Gasteiger partial charge in [0.05, 0.1) is 23.5 Å². The number of hydrogen-bond acceptors (Lipinski definition) is 3. The maximum atomic E-state index is 6.17. The smallest absolute Gasteiger partial charge is 0.137 e. The zero-order chi connectivity index (χ0) is 13.3. The Bertz CT molecular complexity index is 578. The Labute approximate surface area is 111 Å². The predicted molar refractivity (Wildman–Crippen MR) is 74.6 cm³/mol. The predicted octanol–water partition coefficient (Wildman–Crippen LogP) is 3.40. The quantitative estimate of drug-likeness (QED) is 0.894. The first-order valence-corrected chi connectivity index (χ1v) is 6.03. The topological polar surface area (TPSA) is 49.9 Å². The molecule has 0 aliphatic rings. The van der Waals surface area contributed by atoms with Crippen LogP contribution in [-0.2, 0) is 0 Å². The molecule has 4 nitrogen and oxygen atoms in total. The van der Waals surface area contributed by atoms with E-state index in [2.05, 4.69) is 15.5 Å². The average molecular weight is 266 g/mol. The zero-order valence-electron chi connectivity index (χ0n) is 10.9. The van der Waals surface area contributed by atoms with E-state index >= 15 is 0 Å². The standard InChI is InChI=1S/C13H16ClN3O/c1-7-5-11(18-4)10(14)6-9(7)13-12(15-3)8(2)16-17-13/h5-6,15H,1-4H3,(H,16,17). The molecule has 0 saturated carbocycles. The number of nitrogens with one attached hydrogen (secondary N) is 2. The van der Waals surface area contributed by atoms with Crippen LogP contribution in [0.25, 0.3) is 11.3 Å². The van der Waals surface area contributed by atoms with Crippen molar-refractivity contribution in [2.75, 3.05) is 19.5 Å². The van der Waals surface area contributed by atoms with Crippen molar-refractivity contribution in [2.45, 2.75) is 13.8 Å². The molecule has 0 atom stereocenters. The number of ether oxygens (including phenoxy) is 1. The lowest BCUT2D eigenvalue weighted by molar-refractivity contribution is 0.415. The van der Waals surface area contributed by atoms with Crippen LogP contribution in [-0.4, -0.2) is 24.4 Å². The van der Waals surface area contributed by atoms with Gasteiger partial charge < -0.3 is 10.1 Å². The molecule has 0 bridgehead atoms. The molecule has 1 heterocycles. The van der Waals surface area contributed by atoms with Gasteiger partial charge in [-0.25, -0.2) is 0 Å². The van der Waals surface area contributed by atoms with Gasteiger partial charge in [-0.2, -0.15) is 5.10 Å². The van der Waals surface area contributed by atoms with Crippen molar-refractivity contribution in [1.29, 1.82) is 0 Å².